The molecule has 15 heavy (non-hydrogen) atoms. The minimum absolute atomic E-state index is 0.0151. The lowest BCUT2D eigenvalue weighted by molar-refractivity contribution is 0.580. The van der Waals surface area contributed by atoms with Crippen LogP contribution < -0.4 is 0 Å². The van der Waals surface area contributed by atoms with Crippen LogP contribution in [-0.2, 0) is 6.54 Å². The number of aryl methyl sites for hydroxylation is 1. The topological polar surface area (TPSA) is 41.6 Å². The van der Waals surface area contributed by atoms with E-state index in [1.165, 1.54) is 0 Å². The largest absolute Gasteiger partial charge is 0.327 e. The van der Waals surface area contributed by atoms with Crippen molar-refractivity contribution < 1.29 is 0 Å². The SMILES string of the molecule is Cc1nc2ccccc2n1CC(C)C#N. The van der Waals surface area contributed by atoms with Gasteiger partial charge in [0.25, 0.3) is 0 Å². The van der Waals surface area contributed by atoms with Crippen molar-refractivity contribution in [3.8, 4) is 6.07 Å². The van der Waals surface area contributed by atoms with E-state index in [9.17, 15) is 0 Å². The quantitative estimate of drug-likeness (QED) is 0.745. The van der Waals surface area contributed by atoms with Crippen LogP contribution in [-0.4, -0.2) is 9.55 Å². The zero-order valence-electron chi connectivity index (χ0n) is 8.94. The summed E-state index contributed by atoms with van der Waals surface area (Å²) in [5.74, 6) is 0.986. The summed E-state index contributed by atoms with van der Waals surface area (Å²) in [6, 6.07) is 10.3. The zero-order valence-corrected chi connectivity index (χ0v) is 8.94. The van der Waals surface area contributed by atoms with Crippen molar-refractivity contribution in [1.29, 1.82) is 5.26 Å². The van der Waals surface area contributed by atoms with Crippen LogP contribution in [0.4, 0.5) is 0 Å². The van der Waals surface area contributed by atoms with Crippen LogP contribution >= 0.6 is 0 Å². The Morgan fingerprint density at radius 1 is 1.47 bits per heavy atom. The Labute approximate surface area is 89.0 Å². The van der Waals surface area contributed by atoms with E-state index >= 15 is 0 Å². The first kappa shape index (κ1) is 9.72. The first-order valence-electron chi connectivity index (χ1n) is 5.04. The summed E-state index contributed by atoms with van der Waals surface area (Å²) in [4.78, 5) is 4.45. The smallest absolute Gasteiger partial charge is 0.106 e. The molecule has 0 bridgehead atoms. The number of aromatic nitrogens is 2. The van der Waals surface area contributed by atoms with Crippen molar-refractivity contribution in [2.45, 2.75) is 20.4 Å². The van der Waals surface area contributed by atoms with Gasteiger partial charge in [-0.05, 0) is 26.0 Å². The normalized spacial score (nSPS) is 12.6. The fourth-order valence-electron chi connectivity index (χ4n) is 1.74. The van der Waals surface area contributed by atoms with Crippen LogP contribution in [0.5, 0.6) is 0 Å². The van der Waals surface area contributed by atoms with Crippen molar-refractivity contribution in [3.05, 3.63) is 30.1 Å². The molecule has 1 unspecified atom stereocenters. The molecule has 0 fully saturated rings. The lowest BCUT2D eigenvalue weighted by Gasteiger charge is -2.07. The third-order valence-electron chi connectivity index (χ3n) is 2.52. The van der Waals surface area contributed by atoms with Gasteiger partial charge in [0.1, 0.15) is 5.82 Å². The van der Waals surface area contributed by atoms with Crippen LogP contribution in [0.2, 0.25) is 0 Å². The molecule has 1 aromatic heterocycles. The molecule has 0 saturated carbocycles. The van der Waals surface area contributed by atoms with E-state index in [0.29, 0.717) is 6.54 Å². The average Bonchev–Trinajstić information content (AvgIpc) is 2.55. The Morgan fingerprint density at radius 3 is 2.93 bits per heavy atom. The third kappa shape index (κ3) is 1.71. The maximum Gasteiger partial charge on any atom is 0.106 e. The minimum atomic E-state index is 0.0151. The highest BCUT2D eigenvalue weighted by atomic mass is 15.1. The molecule has 2 aromatic rings. The van der Waals surface area contributed by atoms with Gasteiger partial charge in [-0.3, -0.25) is 0 Å². The van der Waals surface area contributed by atoms with Crippen LogP contribution in [0, 0.1) is 24.2 Å². The van der Waals surface area contributed by atoms with E-state index in [4.69, 9.17) is 5.26 Å². The standard InChI is InChI=1S/C12H13N3/c1-9(7-13)8-15-10(2)14-11-5-3-4-6-12(11)15/h3-6,9H,8H2,1-2H3. The molecule has 1 heterocycles. The summed E-state index contributed by atoms with van der Waals surface area (Å²) in [5, 5.41) is 8.81. The molecule has 0 radical (unpaired) electrons. The highest BCUT2D eigenvalue weighted by Crippen LogP contribution is 2.16. The highest BCUT2D eigenvalue weighted by molar-refractivity contribution is 5.75. The molecule has 3 heteroatoms. The number of benzene rings is 1. The molecule has 3 nitrogen and oxygen atoms in total. The van der Waals surface area contributed by atoms with Crippen LogP contribution in [0.25, 0.3) is 11.0 Å². The second-order valence-electron chi connectivity index (χ2n) is 3.79. The van der Waals surface area contributed by atoms with E-state index in [1.807, 2.05) is 38.1 Å². The van der Waals surface area contributed by atoms with Gasteiger partial charge in [0, 0.05) is 6.54 Å². The number of nitrogens with zero attached hydrogens (tertiary/aromatic N) is 3. The van der Waals surface area contributed by atoms with E-state index in [1.54, 1.807) is 0 Å². The molecular weight excluding hydrogens is 186 g/mol. The van der Waals surface area contributed by atoms with Gasteiger partial charge in [0.2, 0.25) is 0 Å². The van der Waals surface area contributed by atoms with Crippen molar-refractivity contribution in [2.75, 3.05) is 0 Å². The molecule has 1 aromatic carbocycles. The summed E-state index contributed by atoms with van der Waals surface area (Å²) in [6.07, 6.45) is 0. The Morgan fingerprint density at radius 2 is 2.20 bits per heavy atom. The monoisotopic (exact) mass is 199 g/mol. The van der Waals surface area contributed by atoms with Crippen molar-refractivity contribution in [1.82, 2.24) is 9.55 Å². The molecule has 0 aliphatic carbocycles. The number of imidazole rings is 1. The van der Waals surface area contributed by atoms with Gasteiger partial charge in [-0.25, -0.2) is 4.98 Å². The predicted molar refractivity (Wildman–Crippen MR) is 59.2 cm³/mol. The summed E-state index contributed by atoms with van der Waals surface area (Å²) in [6.45, 7) is 4.61. The fourth-order valence-corrected chi connectivity index (χ4v) is 1.74. The lowest BCUT2D eigenvalue weighted by atomic mass is 10.2. The van der Waals surface area contributed by atoms with Gasteiger partial charge in [0.15, 0.2) is 0 Å². The number of nitriles is 1. The zero-order chi connectivity index (χ0) is 10.8. The van der Waals surface area contributed by atoms with Crippen LogP contribution in [0.1, 0.15) is 12.7 Å². The number of para-hydroxylation sites is 2. The van der Waals surface area contributed by atoms with Crippen LogP contribution in [0.3, 0.4) is 0 Å². The molecule has 0 aliphatic rings. The second kappa shape index (κ2) is 3.74. The minimum Gasteiger partial charge on any atom is -0.327 e. The predicted octanol–water partition coefficient (Wildman–Crippen LogP) is 2.50. The maximum absolute atomic E-state index is 8.81. The fraction of sp³-hybridized carbons (Fsp3) is 0.333. The van der Waals surface area contributed by atoms with Gasteiger partial charge in [0.05, 0.1) is 23.0 Å². The van der Waals surface area contributed by atoms with Gasteiger partial charge in [-0.2, -0.15) is 5.26 Å². The average molecular weight is 199 g/mol. The van der Waals surface area contributed by atoms with E-state index in [-0.39, 0.29) is 5.92 Å². The van der Waals surface area contributed by atoms with Crippen molar-refractivity contribution in [3.63, 3.8) is 0 Å². The molecule has 76 valence electrons. The number of fused-ring (bicyclic) bond motifs is 1. The molecule has 0 aliphatic heterocycles. The van der Waals surface area contributed by atoms with Gasteiger partial charge in [-0.1, -0.05) is 12.1 Å². The Hall–Kier alpha value is -1.82. The summed E-state index contributed by atoms with van der Waals surface area (Å²) in [7, 11) is 0. The maximum atomic E-state index is 8.81. The molecule has 0 N–H and O–H groups in total. The third-order valence-corrected chi connectivity index (χ3v) is 2.52. The molecule has 0 saturated heterocycles. The van der Waals surface area contributed by atoms with Gasteiger partial charge >= 0.3 is 0 Å². The van der Waals surface area contributed by atoms with E-state index < -0.39 is 0 Å². The first-order valence-corrected chi connectivity index (χ1v) is 5.04. The molecular formula is C12H13N3. The Kier molecular flexibility index (Phi) is 2.42. The number of hydrogen-bond donors (Lipinski definition) is 0. The Balaban J connectivity index is 2.50. The summed E-state index contributed by atoms with van der Waals surface area (Å²) < 4.78 is 2.10. The number of rotatable bonds is 2. The van der Waals surface area contributed by atoms with Gasteiger partial charge in [-0.15, -0.1) is 0 Å². The lowest BCUT2D eigenvalue weighted by Crippen LogP contribution is -2.07. The van der Waals surface area contributed by atoms with E-state index in [0.717, 1.165) is 16.9 Å². The van der Waals surface area contributed by atoms with Crippen molar-refractivity contribution in [2.24, 2.45) is 5.92 Å². The van der Waals surface area contributed by atoms with E-state index in [2.05, 4.69) is 15.6 Å². The van der Waals surface area contributed by atoms with Crippen LogP contribution in [0.15, 0.2) is 24.3 Å². The number of hydrogen-bond acceptors (Lipinski definition) is 2. The van der Waals surface area contributed by atoms with Gasteiger partial charge < -0.3 is 4.57 Å². The first-order chi connectivity index (χ1) is 7.22. The summed E-state index contributed by atoms with van der Waals surface area (Å²) in [5.41, 5.74) is 2.11. The molecule has 1 atom stereocenters. The summed E-state index contributed by atoms with van der Waals surface area (Å²) >= 11 is 0. The molecule has 2 rings (SSSR count). The molecule has 0 amide bonds. The highest BCUT2D eigenvalue weighted by Gasteiger charge is 2.09. The Bertz CT molecular complexity index is 519. The molecule has 0 spiro atoms. The van der Waals surface area contributed by atoms with Crippen molar-refractivity contribution >= 4 is 11.0 Å². The second-order valence-corrected chi connectivity index (χ2v) is 3.79.